The van der Waals surface area contributed by atoms with Gasteiger partial charge in [-0.3, -0.25) is 0 Å². The first-order valence-electron chi connectivity index (χ1n) is 12.1. The van der Waals surface area contributed by atoms with Gasteiger partial charge in [-0.2, -0.15) is 18.3 Å². The zero-order chi connectivity index (χ0) is 28.0. The van der Waals surface area contributed by atoms with Crippen LogP contribution in [0.3, 0.4) is 0 Å². The molecule has 1 aliphatic heterocycles. The van der Waals surface area contributed by atoms with Gasteiger partial charge in [0, 0.05) is 17.7 Å². The summed E-state index contributed by atoms with van der Waals surface area (Å²) in [4.78, 5) is 0. The molecule has 0 aliphatic carbocycles. The van der Waals surface area contributed by atoms with Crippen LogP contribution in [0.4, 0.5) is 22.0 Å². The van der Waals surface area contributed by atoms with Crippen LogP contribution < -0.4 is 10.5 Å². The number of nitrogens with two attached hydrogens (primary N) is 1. The van der Waals surface area contributed by atoms with Gasteiger partial charge in [-0.1, -0.05) is 38.6 Å². The molecule has 0 saturated heterocycles. The summed E-state index contributed by atoms with van der Waals surface area (Å²) in [5.41, 5.74) is 5.73. The third kappa shape index (κ3) is 7.00. The van der Waals surface area contributed by atoms with Crippen molar-refractivity contribution in [3.05, 3.63) is 95.4 Å². The fourth-order valence-corrected chi connectivity index (χ4v) is 3.68. The van der Waals surface area contributed by atoms with Crippen molar-refractivity contribution in [1.82, 2.24) is 5.01 Å². The number of alkyl halides is 3. The summed E-state index contributed by atoms with van der Waals surface area (Å²) in [6.45, 7) is 7.49. The Morgan fingerprint density at radius 1 is 1.16 bits per heavy atom. The molecule has 2 unspecified atom stereocenters. The van der Waals surface area contributed by atoms with E-state index < -0.39 is 35.2 Å². The van der Waals surface area contributed by atoms with Gasteiger partial charge in [0.2, 0.25) is 0 Å². The summed E-state index contributed by atoms with van der Waals surface area (Å²) >= 11 is 0. The number of nitrogens with zero attached hydrogens (tertiary/aromatic N) is 2. The molecule has 204 valence electrons. The number of hydrogen-bond donors (Lipinski definition) is 2. The molecular weight excluding hydrogens is 505 g/mol. The second-order valence-corrected chi connectivity index (χ2v) is 8.95. The molecule has 10 heteroatoms. The number of ether oxygens (including phenoxy) is 1. The van der Waals surface area contributed by atoms with Crippen molar-refractivity contribution < 1.29 is 31.8 Å². The molecule has 0 radical (unpaired) electrons. The SMILES string of the molecule is C=C1C=C(c2ccc(C(F)(F)F)c(OCCCC(O)c3ccc(F)cc3)c2F)C=CN1/N=C(/N)C(C)CC. The van der Waals surface area contributed by atoms with Crippen LogP contribution in [-0.4, -0.2) is 22.6 Å². The number of aliphatic hydroxyl groups is 1. The molecular formula is C28H30F5N3O2. The maximum atomic E-state index is 15.4. The van der Waals surface area contributed by atoms with E-state index in [1.807, 2.05) is 13.8 Å². The van der Waals surface area contributed by atoms with Gasteiger partial charge in [-0.25, -0.2) is 13.8 Å². The number of benzene rings is 2. The molecule has 0 spiro atoms. The van der Waals surface area contributed by atoms with Gasteiger partial charge in [0.25, 0.3) is 0 Å². The predicted octanol–water partition coefficient (Wildman–Crippen LogP) is 6.92. The number of halogens is 5. The van der Waals surface area contributed by atoms with Crippen molar-refractivity contribution in [3.63, 3.8) is 0 Å². The molecule has 0 amide bonds. The van der Waals surface area contributed by atoms with E-state index in [1.54, 1.807) is 0 Å². The first-order chi connectivity index (χ1) is 17.9. The Labute approximate surface area is 218 Å². The number of aliphatic hydroxyl groups excluding tert-OH is 1. The summed E-state index contributed by atoms with van der Waals surface area (Å²) in [6, 6.07) is 7.03. The molecule has 3 rings (SSSR count). The molecule has 0 saturated carbocycles. The Morgan fingerprint density at radius 3 is 2.45 bits per heavy atom. The van der Waals surface area contributed by atoms with Crippen LogP contribution in [-0.2, 0) is 6.18 Å². The minimum Gasteiger partial charge on any atom is -0.490 e. The van der Waals surface area contributed by atoms with E-state index in [-0.39, 0.29) is 36.5 Å². The summed E-state index contributed by atoms with van der Waals surface area (Å²) in [5, 5.41) is 15.9. The van der Waals surface area contributed by atoms with Crippen molar-refractivity contribution in [2.24, 2.45) is 16.8 Å². The van der Waals surface area contributed by atoms with Crippen LogP contribution in [0.2, 0.25) is 0 Å². The molecule has 0 aromatic heterocycles. The topological polar surface area (TPSA) is 71.1 Å². The summed E-state index contributed by atoms with van der Waals surface area (Å²) in [5.74, 6) is -2.13. The molecule has 5 nitrogen and oxygen atoms in total. The van der Waals surface area contributed by atoms with E-state index >= 15 is 4.39 Å². The molecule has 3 N–H and O–H groups in total. The highest BCUT2D eigenvalue weighted by molar-refractivity contribution is 5.83. The molecule has 1 aliphatic rings. The lowest BCUT2D eigenvalue weighted by atomic mass is 9.99. The van der Waals surface area contributed by atoms with Crippen molar-refractivity contribution in [2.45, 2.75) is 45.4 Å². The zero-order valence-corrected chi connectivity index (χ0v) is 21.1. The Kier molecular flexibility index (Phi) is 9.32. The van der Waals surface area contributed by atoms with E-state index in [0.717, 1.165) is 18.6 Å². The molecule has 2 aromatic carbocycles. The van der Waals surface area contributed by atoms with E-state index in [1.165, 1.54) is 47.6 Å². The molecule has 2 aromatic rings. The number of rotatable bonds is 10. The van der Waals surface area contributed by atoms with Crippen molar-refractivity contribution in [1.29, 1.82) is 0 Å². The highest BCUT2D eigenvalue weighted by Gasteiger charge is 2.37. The monoisotopic (exact) mass is 535 g/mol. The number of hydrogen-bond acceptors (Lipinski definition) is 4. The second kappa shape index (κ2) is 12.3. The third-order valence-corrected chi connectivity index (χ3v) is 6.19. The average Bonchev–Trinajstić information content (AvgIpc) is 2.87. The second-order valence-electron chi connectivity index (χ2n) is 8.95. The van der Waals surface area contributed by atoms with Crippen molar-refractivity contribution >= 4 is 11.4 Å². The van der Waals surface area contributed by atoms with Gasteiger partial charge in [0.15, 0.2) is 11.6 Å². The minimum atomic E-state index is -4.85. The summed E-state index contributed by atoms with van der Waals surface area (Å²) < 4.78 is 74.7. The van der Waals surface area contributed by atoms with Gasteiger partial charge < -0.3 is 15.6 Å². The quantitative estimate of drug-likeness (QED) is 0.150. The van der Waals surface area contributed by atoms with E-state index in [4.69, 9.17) is 10.5 Å². The average molecular weight is 536 g/mol. The molecule has 2 atom stereocenters. The van der Waals surface area contributed by atoms with Crippen LogP contribution in [0.15, 0.2) is 72.1 Å². The highest BCUT2D eigenvalue weighted by atomic mass is 19.4. The molecule has 0 fully saturated rings. The highest BCUT2D eigenvalue weighted by Crippen LogP contribution is 2.41. The first kappa shape index (κ1) is 28.9. The summed E-state index contributed by atoms with van der Waals surface area (Å²) in [6.07, 6.45) is -0.296. The fourth-order valence-electron chi connectivity index (χ4n) is 3.68. The smallest absolute Gasteiger partial charge is 0.420 e. The number of allylic oxidation sites excluding steroid dienone is 3. The standard InChI is InChI=1S/C28H30F5N3O2/c1-4-17(2)27(34)35-36-14-13-20(16-18(36)3)22-11-12-23(28(31,32)33)26(25(22)30)38-15-5-6-24(37)19-7-9-21(29)10-8-19/h7-14,16-17,24,37H,3-6,15H2,1-2H3,(H2,34,35). The van der Waals surface area contributed by atoms with Gasteiger partial charge in [-0.05, 0) is 60.8 Å². The Bertz CT molecular complexity index is 1240. The lowest BCUT2D eigenvalue weighted by Gasteiger charge is -2.23. The van der Waals surface area contributed by atoms with Crippen LogP contribution in [0.1, 0.15) is 55.9 Å². The zero-order valence-electron chi connectivity index (χ0n) is 21.1. The van der Waals surface area contributed by atoms with Crippen molar-refractivity contribution in [3.8, 4) is 5.75 Å². The molecule has 0 bridgehead atoms. The van der Waals surface area contributed by atoms with E-state index in [2.05, 4.69) is 11.7 Å². The molecule has 38 heavy (non-hydrogen) atoms. The first-order valence-corrected chi connectivity index (χ1v) is 12.1. The van der Waals surface area contributed by atoms with Crippen LogP contribution in [0.25, 0.3) is 5.57 Å². The van der Waals surface area contributed by atoms with Gasteiger partial charge in [0.05, 0.1) is 18.4 Å². The Hall–Kier alpha value is -3.66. The molecule has 1 heterocycles. The van der Waals surface area contributed by atoms with Gasteiger partial charge >= 0.3 is 6.18 Å². The fraction of sp³-hybridized carbons (Fsp3) is 0.321. The number of amidine groups is 1. The van der Waals surface area contributed by atoms with Crippen molar-refractivity contribution in [2.75, 3.05) is 6.61 Å². The third-order valence-electron chi connectivity index (χ3n) is 6.19. The predicted molar refractivity (Wildman–Crippen MR) is 137 cm³/mol. The normalized spacial score (nSPS) is 15.9. The van der Waals surface area contributed by atoms with Crippen LogP contribution in [0, 0.1) is 17.6 Å². The van der Waals surface area contributed by atoms with Crippen LogP contribution in [0.5, 0.6) is 5.75 Å². The van der Waals surface area contributed by atoms with E-state index in [9.17, 15) is 22.7 Å². The number of hydrazone groups is 1. The lowest BCUT2D eigenvalue weighted by Crippen LogP contribution is -2.25. The minimum absolute atomic E-state index is 0.0328. The lowest BCUT2D eigenvalue weighted by molar-refractivity contribution is -0.139. The maximum Gasteiger partial charge on any atom is 0.420 e. The maximum absolute atomic E-state index is 15.4. The van der Waals surface area contributed by atoms with Gasteiger partial charge in [0.1, 0.15) is 17.2 Å². The largest absolute Gasteiger partial charge is 0.490 e. The van der Waals surface area contributed by atoms with Gasteiger partial charge in [-0.15, -0.1) is 0 Å². The summed E-state index contributed by atoms with van der Waals surface area (Å²) in [7, 11) is 0. The Morgan fingerprint density at radius 2 is 1.84 bits per heavy atom. The van der Waals surface area contributed by atoms with Crippen LogP contribution >= 0.6 is 0 Å². The van der Waals surface area contributed by atoms with E-state index in [0.29, 0.717) is 17.1 Å². The Balaban J connectivity index is 1.78.